The van der Waals surface area contributed by atoms with Crippen molar-refractivity contribution >= 4 is 34.1 Å². The van der Waals surface area contributed by atoms with Crippen molar-refractivity contribution in [3.63, 3.8) is 0 Å². The van der Waals surface area contributed by atoms with Crippen molar-refractivity contribution in [2.24, 2.45) is 0 Å². The number of aryl methyl sites for hydroxylation is 1. The molecule has 37 heavy (non-hydrogen) atoms. The molecule has 5 rings (SSSR count). The van der Waals surface area contributed by atoms with Gasteiger partial charge in [-0.25, -0.2) is 9.37 Å². The Kier molecular flexibility index (Phi) is 7.16. The van der Waals surface area contributed by atoms with Gasteiger partial charge in [0.25, 0.3) is 5.91 Å². The maximum absolute atomic E-state index is 14.6. The number of nitrogens with zero attached hydrogens (tertiary/aromatic N) is 3. The van der Waals surface area contributed by atoms with Gasteiger partial charge in [0.05, 0.1) is 11.0 Å². The second kappa shape index (κ2) is 10.5. The average molecular weight is 516 g/mol. The van der Waals surface area contributed by atoms with Crippen LogP contribution in [0.15, 0.2) is 72.8 Å². The maximum atomic E-state index is 14.6. The summed E-state index contributed by atoms with van der Waals surface area (Å²) in [6.45, 7) is 6.84. The lowest BCUT2D eigenvalue weighted by atomic mass is 9.92. The summed E-state index contributed by atoms with van der Waals surface area (Å²) < 4.78 is 16.3. The number of alkyl halides is 1. The fraction of sp³-hybridized carbons (Fsp3) is 0.290. The molecule has 1 unspecified atom stereocenters. The minimum atomic E-state index is -1.16. The van der Waals surface area contributed by atoms with Crippen molar-refractivity contribution in [3.05, 3.63) is 106 Å². The van der Waals surface area contributed by atoms with E-state index in [1.54, 1.807) is 11.5 Å². The van der Waals surface area contributed by atoms with Gasteiger partial charge in [-0.15, -0.1) is 0 Å². The molecule has 4 nitrogen and oxygen atoms in total. The van der Waals surface area contributed by atoms with Gasteiger partial charge < -0.3 is 4.90 Å². The van der Waals surface area contributed by atoms with Crippen LogP contribution >= 0.6 is 11.6 Å². The predicted molar refractivity (Wildman–Crippen MR) is 149 cm³/mol. The van der Waals surface area contributed by atoms with Gasteiger partial charge in [0, 0.05) is 29.6 Å². The molecule has 1 aliphatic rings. The Labute approximate surface area is 222 Å². The number of rotatable bonds is 5. The molecule has 0 aliphatic carbocycles. The van der Waals surface area contributed by atoms with Crippen LogP contribution in [-0.4, -0.2) is 33.4 Å². The molecule has 190 valence electrons. The number of carbonyl (C=O) groups is 1. The number of aromatic nitrogens is 2. The minimum absolute atomic E-state index is 0.0326. The number of para-hydroxylation sites is 2. The van der Waals surface area contributed by atoms with Gasteiger partial charge in [-0.05, 0) is 92.3 Å². The van der Waals surface area contributed by atoms with Crippen LogP contribution in [0.4, 0.5) is 4.39 Å². The van der Waals surface area contributed by atoms with E-state index in [0.717, 1.165) is 52.0 Å². The largest absolute Gasteiger partial charge is 0.339 e. The average Bonchev–Trinajstić information content (AvgIpc) is 3.30. The lowest BCUT2D eigenvalue weighted by Gasteiger charge is -2.32. The second-order valence-electron chi connectivity index (χ2n) is 9.71. The van der Waals surface area contributed by atoms with Crippen molar-refractivity contribution in [2.75, 3.05) is 13.1 Å². The van der Waals surface area contributed by atoms with Crippen LogP contribution in [0.5, 0.6) is 0 Å². The van der Waals surface area contributed by atoms with E-state index in [0.29, 0.717) is 23.7 Å². The van der Waals surface area contributed by atoms with E-state index in [9.17, 15) is 9.18 Å². The monoisotopic (exact) mass is 515 g/mol. The molecule has 2 heterocycles. The van der Waals surface area contributed by atoms with Crippen molar-refractivity contribution in [1.29, 1.82) is 0 Å². The number of benzene rings is 3. The molecule has 1 fully saturated rings. The van der Waals surface area contributed by atoms with Crippen molar-refractivity contribution in [1.82, 2.24) is 14.5 Å². The Hall–Kier alpha value is -3.44. The molecular weight excluding hydrogens is 485 g/mol. The number of piperidine rings is 1. The first-order valence-electron chi connectivity index (χ1n) is 12.8. The molecule has 0 radical (unpaired) electrons. The van der Waals surface area contributed by atoms with Crippen molar-refractivity contribution in [2.45, 2.75) is 45.8 Å². The number of hydrogen-bond acceptors (Lipinski definition) is 2. The number of fused-ring (bicyclic) bond motifs is 1. The number of halogens is 2. The lowest BCUT2D eigenvalue weighted by molar-refractivity contribution is 0.0708. The van der Waals surface area contributed by atoms with Crippen LogP contribution in [-0.2, 0) is 0 Å². The minimum Gasteiger partial charge on any atom is -0.339 e. The van der Waals surface area contributed by atoms with Crippen molar-refractivity contribution < 1.29 is 9.18 Å². The predicted octanol–water partition coefficient (Wildman–Crippen LogP) is 7.96. The summed E-state index contributed by atoms with van der Waals surface area (Å²) in [5.74, 6) is 0.933. The van der Waals surface area contributed by atoms with E-state index in [1.807, 2.05) is 85.5 Å². The van der Waals surface area contributed by atoms with E-state index >= 15 is 0 Å². The molecule has 1 amide bonds. The molecule has 1 atom stereocenters. The molecule has 1 saturated heterocycles. The summed E-state index contributed by atoms with van der Waals surface area (Å²) in [4.78, 5) is 20.1. The highest BCUT2D eigenvalue weighted by atomic mass is 35.5. The molecule has 4 aromatic rings. The maximum Gasteiger partial charge on any atom is 0.253 e. The topological polar surface area (TPSA) is 38.1 Å². The van der Waals surface area contributed by atoms with Crippen LogP contribution < -0.4 is 0 Å². The van der Waals surface area contributed by atoms with Gasteiger partial charge in [0.1, 0.15) is 5.82 Å². The quantitative estimate of drug-likeness (QED) is 0.270. The summed E-state index contributed by atoms with van der Waals surface area (Å²) in [5.41, 5.74) is 6.58. The van der Waals surface area contributed by atoms with Gasteiger partial charge in [0.2, 0.25) is 0 Å². The van der Waals surface area contributed by atoms with Gasteiger partial charge in [0.15, 0.2) is 6.30 Å². The third kappa shape index (κ3) is 4.93. The van der Waals surface area contributed by atoms with Gasteiger partial charge in [-0.1, -0.05) is 48.0 Å². The Morgan fingerprint density at radius 2 is 1.81 bits per heavy atom. The first kappa shape index (κ1) is 25.2. The smallest absolute Gasteiger partial charge is 0.253 e. The summed E-state index contributed by atoms with van der Waals surface area (Å²) >= 11 is 6.22. The van der Waals surface area contributed by atoms with Crippen molar-refractivity contribution in [3.8, 4) is 0 Å². The number of carbonyl (C=O) groups excluding carboxylic acids is 1. The molecule has 6 heteroatoms. The van der Waals surface area contributed by atoms with Crippen LogP contribution in [0, 0.1) is 6.92 Å². The number of hydrogen-bond donors (Lipinski definition) is 0. The van der Waals surface area contributed by atoms with Crippen LogP contribution in [0.25, 0.3) is 16.6 Å². The standard InChI is InChI=1S/C31H31ClFN3O/c1-4-26(23-8-7-9-25(32)19-23)27-13-12-24(18-20(27)2)31(37)35-16-14-22(15-17-35)30-34-28-10-5-6-11-29(28)36(30)21(3)33/h4-13,18-19,21-22H,14-17H2,1-3H3/b26-4-. The van der Waals surface area contributed by atoms with E-state index < -0.39 is 6.30 Å². The van der Waals surface area contributed by atoms with E-state index in [1.165, 1.54) is 0 Å². The number of amides is 1. The number of imidazole rings is 1. The zero-order valence-corrected chi connectivity index (χ0v) is 22.2. The molecular formula is C31H31ClFN3O. The highest BCUT2D eigenvalue weighted by molar-refractivity contribution is 6.30. The molecule has 0 spiro atoms. The number of likely N-dealkylation sites (tertiary alicyclic amines) is 1. The van der Waals surface area contributed by atoms with E-state index in [-0.39, 0.29) is 11.8 Å². The fourth-order valence-corrected chi connectivity index (χ4v) is 5.67. The highest BCUT2D eigenvalue weighted by Crippen LogP contribution is 2.34. The molecule has 1 aliphatic heterocycles. The molecule has 3 aromatic carbocycles. The van der Waals surface area contributed by atoms with E-state index in [2.05, 4.69) is 6.08 Å². The Balaban J connectivity index is 1.32. The molecule has 1 aromatic heterocycles. The number of allylic oxidation sites excluding steroid dienone is 1. The summed E-state index contributed by atoms with van der Waals surface area (Å²) in [7, 11) is 0. The zero-order valence-electron chi connectivity index (χ0n) is 21.4. The first-order valence-corrected chi connectivity index (χ1v) is 13.2. The van der Waals surface area contributed by atoms with E-state index in [4.69, 9.17) is 16.6 Å². The molecule has 0 N–H and O–H groups in total. The Morgan fingerprint density at radius 3 is 2.49 bits per heavy atom. The zero-order chi connectivity index (χ0) is 26.1. The summed E-state index contributed by atoms with van der Waals surface area (Å²) in [5, 5.41) is 0.696. The first-order chi connectivity index (χ1) is 17.9. The van der Waals surface area contributed by atoms with Gasteiger partial charge >= 0.3 is 0 Å². The van der Waals surface area contributed by atoms with Gasteiger partial charge in [-0.2, -0.15) is 0 Å². The SMILES string of the molecule is C/C=C(/c1cccc(Cl)c1)c1ccc(C(=O)N2CCC(c3nc4ccccc4n3C(C)F)CC2)cc1C. The molecule has 0 saturated carbocycles. The summed E-state index contributed by atoms with van der Waals surface area (Å²) in [6, 6.07) is 21.4. The third-order valence-electron chi connectivity index (χ3n) is 7.31. The van der Waals surface area contributed by atoms with Gasteiger partial charge in [-0.3, -0.25) is 9.36 Å². The van der Waals surface area contributed by atoms with Crippen LogP contribution in [0.1, 0.15) is 71.8 Å². The summed E-state index contributed by atoms with van der Waals surface area (Å²) in [6.07, 6.45) is 2.44. The fourth-order valence-electron chi connectivity index (χ4n) is 5.48. The van der Waals surface area contributed by atoms with Crippen LogP contribution in [0.2, 0.25) is 5.02 Å². The van der Waals surface area contributed by atoms with Crippen LogP contribution in [0.3, 0.4) is 0 Å². The Bertz CT molecular complexity index is 1480. The highest BCUT2D eigenvalue weighted by Gasteiger charge is 2.29. The lowest BCUT2D eigenvalue weighted by Crippen LogP contribution is -2.38. The normalized spacial score (nSPS) is 15.8. The molecule has 0 bridgehead atoms. The second-order valence-corrected chi connectivity index (χ2v) is 10.1. The third-order valence-corrected chi connectivity index (χ3v) is 7.55. The Morgan fingerprint density at radius 1 is 1.05 bits per heavy atom.